The fourth-order valence-corrected chi connectivity index (χ4v) is 1.78. The molecule has 0 saturated carbocycles. The highest BCUT2D eigenvalue weighted by molar-refractivity contribution is 8.14. The summed E-state index contributed by atoms with van der Waals surface area (Å²) in [5.41, 5.74) is 0. The Kier molecular flexibility index (Phi) is 2.93. The molecule has 0 fully saturated rings. The second-order valence-corrected chi connectivity index (χ2v) is 3.77. The van der Waals surface area contributed by atoms with Crippen LogP contribution in [0.5, 0.6) is 0 Å². The Labute approximate surface area is 85.5 Å². The predicted octanol–water partition coefficient (Wildman–Crippen LogP) is 0.0936. The molecule has 5 nitrogen and oxygen atoms in total. The molecule has 0 aromatic carbocycles. The van der Waals surface area contributed by atoms with Crippen LogP contribution in [0.2, 0.25) is 0 Å². The molecule has 0 unspecified atom stereocenters. The number of amidine groups is 1. The van der Waals surface area contributed by atoms with Gasteiger partial charge >= 0.3 is 0 Å². The molecule has 14 heavy (non-hydrogen) atoms. The third kappa shape index (κ3) is 2.20. The summed E-state index contributed by atoms with van der Waals surface area (Å²) in [6.45, 7) is 1.67. The fraction of sp³-hybridized carbons (Fsp3) is 0.500. The molecule has 0 radical (unpaired) electrons. The van der Waals surface area contributed by atoms with Gasteiger partial charge in [-0.3, -0.25) is 15.1 Å². The van der Waals surface area contributed by atoms with E-state index in [-0.39, 0.29) is 11.7 Å². The molecule has 1 N–H and O–H groups in total. The molecule has 2 rings (SSSR count). The number of hydrogen-bond donors (Lipinski definition) is 1. The summed E-state index contributed by atoms with van der Waals surface area (Å²) in [7, 11) is 0. The van der Waals surface area contributed by atoms with Crippen molar-refractivity contribution < 1.29 is 14.3 Å². The fourth-order valence-electron chi connectivity index (χ4n) is 1.06. The Morgan fingerprint density at radius 3 is 3.14 bits per heavy atom. The van der Waals surface area contributed by atoms with Gasteiger partial charge in [0.25, 0.3) is 5.91 Å². The minimum absolute atomic E-state index is 0.214. The lowest BCUT2D eigenvalue weighted by Crippen LogP contribution is -2.31. The minimum atomic E-state index is -0.294. The van der Waals surface area contributed by atoms with Crippen LogP contribution in [0.4, 0.5) is 0 Å². The summed E-state index contributed by atoms with van der Waals surface area (Å²) in [6.07, 6.45) is 1.33. The number of amides is 1. The van der Waals surface area contributed by atoms with Gasteiger partial charge in [-0.05, 0) is 0 Å². The lowest BCUT2D eigenvalue weighted by atomic mass is 10.5. The third-order valence-electron chi connectivity index (χ3n) is 1.68. The molecule has 0 aromatic rings. The number of nitrogens with one attached hydrogen (secondary N) is 1. The van der Waals surface area contributed by atoms with Crippen molar-refractivity contribution in [2.45, 2.75) is 0 Å². The van der Waals surface area contributed by atoms with Crippen molar-refractivity contribution in [3.63, 3.8) is 0 Å². The molecular weight excluding hydrogens is 204 g/mol. The number of ether oxygens (including phenoxy) is 2. The molecule has 6 heteroatoms. The van der Waals surface area contributed by atoms with E-state index in [9.17, 15) is 4.79 Å². The monoisotopic (exact) mass is 214 g/mol. The van der Waals surface area contributed by atoms with Gasteiger partial charge in [-0.25, -0.2) is 0 Å². The van der Waals surface area contributed by atoms with Crippen LogP contribution in [0.25, 0.3) is 0 Å². The lowest BCUT2D eigenvalue weighted by molar-refractivity contribution is -0.120. The van der Waals surface area contributed by atoms with E-state index in [1.807, 2.05) is 0 Å². The van der Waals surface area contributed by atoms with E-state index in [2.05, 4.69) is 10.3 Å². The summed E-state index contributed by atoms with van der Waals surface area (Å²) in [4.78, 5) is 15.6. The maximum absolute atomic E-state index is 11.5. The van der Waals surface area contributed by atoms with Gasteiger partial charge in [-0.2, -0.15) is 0 Å². The van der Waals surface area contributed by atoms with Gasteiger partial charge in [0.15, 0.2) is 5.17 Å². The van der Waals surface area contributed by atoms with Crippen molar-refractivity contribution in [2.75, 3.05) is 25.5 Å². The van der Waals surface area contributed by atoms with Crippen LogP contribution >= 0.6 is 11.8 Å². The lowest BCUT2D eigenvalue weighted by Gasteiger charge is -2.14. The molecule has 2 aliphatic rings. The largest absolute Gasteiger partial charge is 0.494 e. The van der Waals surface area contributed by atoms with E-state index < -0.39 is 0 Å². The van der Waals surface area contributed by atoms with Crippen molar-refractivity contribution in [2.24, 2.45) is 4.99 Å². The van der Waals surface area contributed by atoms with Crippen molar-refractivity contribution in [1.29, 1.82) is 0 Å². The Hall–Kier alpha value is -1.17. The summed E-state index contributed by atoms with van der Waals surface area (Å²) in [5, 5.41) is 3.31. The average Bonchev–Trinajstić information content (AvgIpc) is 2.72. The number of rotatable bonds is 1. The highest BCUT2D eigenvalue weighted by Gasteiger charge is 2.18. The minimum Gasteiger partial charge on any atom is -0.494 e. The molecular formula is C8H10N2O3S. The molecule has 0 aliphatic carbocycles. The van der Waals surface area contributed by atoms with E-state index in [0.717, 1.165) is 12.3 Å². The Balaban J connectivity index is 1.91. The summed E-state index contributed by atoms with van der Waals surface area (Å²) in [6, 6.07) is 0. The van der Waals surface area contributed by atoms with Gasteiger partial charge in [0.1, 0.15) is 19.5 Å². The highest BCUT2D eigenvalue weighted by Crippen LogP contribution is 2.10. The van der Waals surface area contributed by atoms with Gasteiger partial charge in [0.2, 0.25) is 5.76 Å². The first-order chi connectivity index (χ1) is 6.86. The second-order valence-electron chi connectivity index (χ2n) is 2.69. The van der Waals surface area contributed by atoms with Gasteiger partial charge in [-0.1, -0.05) is 11.8 Å². The quantitative estimate of drug-likeness (QED) is 0.672. The first kappa shape index (κ1) is 9.39. The van der Waals surface area contributed by atoms with E-state index in [0.29, 0.717) is 18.4 Å². The molecule has 1 amide bonds. The van der Waals surface area contributed by atoms with Crippen molar-refractivity contribution >= 4 is 22.8 Å². The van der Waals surface area contributed by atoms with E-state index in [1.54, 1.807) is 0 Å². The molecule has 0 bridgehead atoms. The zero-order valence-electron chi connectivity index (χ0n) is 7.49. The van der Waals surface area contributed by atoms with Gasteiger partial charge in [0.05, 0.1) is 6.54 Å². The summed E-state index contributed by atoms with van der Waals surface area (Å²) >= 11 is 1.53. The molecule has 0 aromatic heterocycles. The number of nitrogens with zero attached hydrogens (tertiary/aromatic N) is 1. The van der Waals surface area contributed by atoms with Gasteiger partial charge < -0.3 is 9.47 Å². The number of aliphatic imine (C=N–C) groups is 1. The Bertz CT molecular complexity index is 301. The molecule has 0 saturated heterocycles. The topological polar surface area (TPSA) is 59.9 Å². The first-order valence-corrected chi connectivity index (χ1v) is 5.28. The molecule has 2 aliphatic heterocycles. The maximum atomic E-state index is 11.5. The van der Waals surface area contributed by atoms with Gasteiger partial charge in [-0.15, -0.1) is 0 Å². The number of carbonyl (C=O) groups is 1. The van der Waals surface area contributed by atoms with Crippen LogP contribution in [0.3, 0.4) is 0 Å². The van der Waals surface area contributed by atoms with Crippen LogP contribution in [0.15, 0.2) is 17.0 Å². The van der Waals surface area contributed by atoms with E-state index in [4.69, 9.17) is 9.47 Å². The SMILES string of the molecule is O=C(NC1=NCCS1)C1=COCCO1. The zero-order chi connectivity index (χ0) is 9.80. The molecule has 0 spiro atoms. The smallest absolute Gasteiger partial charge is 0.295 e. The first-order valence-electron chi connectivity index (χ1n) is 4.29. The molecule has 0 atom stereocenters. The third-order valence-corrected chi connectivity index (χ3v) is 2.57. The second kappa shape index (κ2) is 4.36. The summed E-state index contributed by atoms with van der Waals surface area (Å²) in [5.74, 6) is 0.843. The van der Waals surface area contributed by atoms with Crippen LogP contribution in [-0.2, 0) is 14.3 Å². The number of thioether (sulfide) groups is 1. The standard InChI is InChI=1S/C8H10N2O3S/c11-7(6-5-12-2-3-13-6)10-8-9-1-4-14-8/h5H,1-4H2,(H,9,10,11). The van der Waals surface area contributed by atoms with Gasteiger partial charge in [0, 0.05) is 5.75 Å². The van der Waals surface area contributed by atoms with Crippen LogP contribution in [0, 0.1) is 0 Å². The average molecular weight is 214 g/mol. The summed E-state index contributed by atoms with van der Waals surface area (Å²) < 4.78 is 10.1. The van der Waals surface area contributed by atoms with Crippen molar-refractivity contribution in [1.82, 2.24) is 5.32 Å². The maximum Gasteiger partial charge on any atom is 0.295 e. The normalized spacial score (nSPS) is 20.3. The molecule has 2 heterocycles. The molecule has 76 valence electrons. The predicted molar refractivity (Wildman–Crippen MR) is 52.9 cm³/mol. The van der Waals surface area contributed by atoms with Crippen LogP contribution in [-0.4, -0.2) is 36.6 Å². The Morgan fingerprint density at radius 2 is 2.50 bits per heavy atom. The van der Waals surface area contributed by atoms with E-state index >= 15 is 0 Å². The van der Waals surface area contributed by atoms with Crippen molar-refractivity contribution in [3.05, 3.63) is 12.0 Å². The number of carbonyl (C=O) groups excluding carboxylic acids is 1. The van der Waals surface area contributed by atoms with Crippen LogP contribution < -0.4 is 5.32 Å². The Morgan fingerprint density at radius 1 is 1.57 bits per heavy atom. The zero-order valence-corrected chi connectivity index (χ0v) is 8.30. The van der Waals surface area contributed by atoms with Crippen molar-refractivity contribution in [3.8, 4) is 0 Å². The highest BCUT2D eigenvalue weighted by atomic mass is 32.2. The van der Waals surface area contributed by atoms with Crippen LogP contribution in [0.1, 0.15) is 0 Å². The van der Waals surface area contributed by atoms with E-state index in [1.165, 1.54) is 18.0 Å². The number of hydrogen-bond acceptors (Lipinski definition) is 5.